The van der Waals surface area contributed by atoms with Crippen LogP contribution in [0.3, 0.4) is 0 Å². The molecule has 0 fully saturated rings. The van der Waals surface area contributed by atoms with Crippen LogP contribution in [0, 0.1) is 6.92 Å². The Kier molecular flexibility index (Phi) is 2.05. The van der Waals surface area contributed by atoms with E-state index in [2.05, 4.69) is 18.1 Å². The van der Waals surface area contributed by atoms with E-state index in [0.29, 0.717) is 0 Å². The van der Waals surface area contributed by atoms with Gasteiger partial charge >= 0.3 is 0 Å². The van der Waals surface area contributed by atoms with Crippen LogP contribution in [0.5, 0.6) is 0 Å². The second-order valence-electron chi connectivity index (χ2n) is 3.33. The van der Waals surface area contributed by atoms with Gasteiger partial charge < -0.3 is 4.52 Å². The number of rotatable bonds is 2. The number of fused-ring (bicyclic) bond motifs is 1. The number of para-hydroxylation sites is 1. The van der Waals surface area contributed by atoms with Crippen LogP contribution in [-0.2, 0) is 6.42 Å². The Morgan fingerprint density at radius 1 is 1.38 bits per heavy atom. The number of aryl methyl sites for hydroxylation is 2. The fourth-order valence-corrected chi connectivity index (χ4v) is 1.57. The Bertz CT molecular complexity index is 417. The van der Waals surface area contributed by atoms with Gasteiger partial charge in [-0.2, -0.15) is 0 Å². The Balaban J connectivity index is 2.61. The number of hydrogen-bond acceptors (Lipinski definition) is 2. The molecule has 0 unspecified atom stereocenters. The summed E-state index contributed by atoms with van der Waals surface area (Å²) in [5, 5.41) is 5.24. The second-order valence-corrected chi connectivity index (χ2v) is 3.33. The van der Waals surface area contributed by atoms with E-state index in [1.54, 1.807) is 0 Å². The molecule has 0 bridgehead atoms. The molecule has 2 aromatic rings. The summed E-state index contributed by atoms with van der Waals surface area (Å²) in [6.07, 6.45) is 2.10. The van der Waals surface area contributed by atoms with Gasteiger partial charge in [-0.05, 0) is 25.0 Å². The van der Waals surface area contributed by atoms with Crippen molar-refractivity contribution in [3.05, 3.63) is 29.5 Å². The van der Waals surface area contributed by atoms with Gasteiger partial charge in [-0.1, -0.05) is 30.6 Å². The zero-order chi connectivity index (χ0) is 9.26. The van der Waals surface area contributed by atoms with E-state index in [1.807, 2.05) is 19.1 Å². The van der Waals surface area contributed by atoms with E-state index < -0.39 is 0 Å². The molecule has 1 aromatic heterocycles. The molecular weight excluding hydrogens is 162 g/mol. The van der Waals surface area contributed by atoms with Crippen LogP contribution in [0.25, 0.3) is 11.0 Å². The minimum atomic E-state index is 0.936. The Morgan fingerprint density at radius 3 is 3.00 bits per heavy atom. The summed E-state index contributed by atoms with van der Waals surface area (Å²) < 4.78 is 5.28. The van der Waals surface area contributed by atoms with Crippen molar-refractivity contribution in [2.24, 2.45) is 0 Å². The maximum absolute atomic E-state index is 5.28. The molecule has 0 radical (unpaired) electrons. The van der Waals surface area contributed by atoms with E-state index in [-0.39, 0.29) is 0 Å². The monoisotopic (exact) mass is 175 g/mol. The van der Waals surface area contributed by atoms with Gasteiger partial charge in [0, 0.05) is 5.39 Å². The molecule has 0 spiro atoms. The third-order valence-electron chi connectivity index (χ3n) is 2.26. The molecule has 0 atom stereocenters. The van der Waals surface area contributed by atoms with E-state index >= 15 is 0 Å². The predicted octanol–water partition coefficient (Wildman–Crippen LogP) is 3.09. The molecule has 0 aliphatic carbocycles. The Hall–Kier alpha value is -1.31. The second kappa shape index (κ2) is 3.21. The first-order valence-corrected chi connectivity index (χ1v) is 4.66. The van der Waals surface area contributed by atoms with Crippen molar-refractivity contribution in [2.45, 2.75) is 26.7 Å². The largest absolute Gasteiger partial charge is 0.356 e. The van der Waals surface area contributed by atoms with Gasteiger partial charge in [0.1, 0.15) is 0 Å². The van der Waals surface area contributed by atoms with Crippen LogP contribution >= 0.6 is 0 Å². The molecule has 1 heterocycles. The van der Waals surface area contributed by atoms with Crippen molar-refractivity contribution in [2.75, 3.05) is 0 Å². The van der Waals surface area contributed by atoms with Crippen molar-refractivity contribution in [1.29, 1.82) is 0 Å². The van der Waals surface area contributed by atoms with Crippen LogP contribution in [0.4, 0.5) is 0 Å². The summed E-state index contributed by atoms with van der Waals surface area (Å²) >= 11 is 0. The quantitative estimate of drug-likeness (QED) is 0.701. The number of hydrogen-bond donors (Lipinski definition) is 0. The Labute approximate surface area is 77.5 Å². The standard InChI is InChI=1S/C11H13NO/c1-3-5-10-9-7-4-6-8(2)11(9)13-12-10/h4,6-7H,3,5H2,1-2H3. The lowest BCUT2D eigenvalue weighted by molar-refractivity contribution is 0.444. The third-order valence-corrected chi connectivity index (χ3v) is 2.26. The maximum Gasteiger partial charge on any atom is 0.170 e. The molecule has 0 N–H and O–H groups in total. The van der Waals surface area contributed by atoms with Crippen LogP contribution in [0.15, 0.2) is 22.7 Å². The first kappa shape index (κ1) is 8.30. The van der Waals surface area contributed by atoms with Gasteiger partial charge in [0.25, 0.3) is 0 Å². The first-order valence-electron chi connectivity index (χ1n) is 4.66. The number of aromatic nitrogens is 1. The van der Waals surface area contributed by atoms with Crippen LogP contribution in [0.1, 0.15) is 24.6 Å². The zero-order valence-corrected chi connectivity index (χ0v) is 8.00. The van der Waals surface area contributed by atoms with Gasteiger partial charge in [0.15, 0.2) is 5.58 Å². The maximum atomic E-state index is 5.28. The lowest BCUT2D eigenvalue weighted by atomic mass is 10.1. The average Bonchev–Trinajstić information content (AvgIpc) is 2.51. The van der Waals surface area contributed by atoms with Gasteiger partial charge in [-0.25, -0.2) is 0 Å². The van der Waals surface area contributed by atoms with Gasteiger partial charge in [0.2, 0.25) is 0 Å². The summed E-state index contributed by atoms with van der Waals surface area (Å²) in [6.45, 7) is 4.19. The van der Waals surface area contributed by atoms with Crippen molar-refractivity contribution in [3.63, 3.8) is 0 Å². The summed E-state index contributed by atoms with van der Waals surface area (Å²) in [4.78, 5) is 0. The van der Waals surface area contributed by atoms with E-state index in [0.717, 1.165) is 29.7 Å². The summed E-state index contributed by atoms with van der Waals surface area (Å²) in [7, 11) is 0. The van der Waals surface area contributed by atoms with E-state index in [1.165, 1.54) is 5.39 Å². The molecule has 68 valence electrons. The summed E-state index contributed by atoms with van der Waals surface area (Å²) in [5.74, 6) is 0. The molecule has 0 aliphatic rings. The van der Waals surface area contributed by atoms with Crippen molar-refractivity contribution in [1.82, 2.24) is 5.16 Å². The lowest BCUT2D eigenvalue weighted by Gasteiger charge is -1.92. The molecule has 0 aliphatic heterocycles. The highest BCUT2D eigenvalue weighted by Crippen LogP contribution is 2.22. The lowest BCUT2D eigenvalue weighted by Crippen LogP contribution is -1.82. The third kappa shape index (κ3) is 1.32. The van der Waals surface area contributed by atoms with Gasteiger partial charge in [-0.15, -0.1) is 0 Å². The summed E-state index contributed by atoms with van der Waals surface area (Å²) in [6, 6.07) is 6.17. The van der Waals surface area contributed by atoms with Gasteiger partial charge in [-0.3, -0.25) is 0 Å². The van der Waals surface area contributed by atoms with Crippen molar-refractivity contribution >= 4 is 11.0 Å². The normalized spacial score (nSPS) is 10.9. The minimum Gasteiger partial charge on any atom is -0.356 e. The molecule has 2 nitrogen and oxygen atoms in total. The fourth-order valence-electron chi connectivity index (χ4n) is 1.57. The first-order chi connectivity index (χ1) is 6.33. The van der Waals surface area contributed by atoms with Crippen molar-refractivity contribution < 1.29 is 4.52 Å². The SMILES string of the molecule is CCCc1noc2c(C)cccc12. The average molecular weight is 175 g/mol. The Morgan fingerprint density at radius 2 is 2.23 bits per heavy atom. The van der Waals surface area contributed by atoms with Crippen molar-refractivity contribution in [3.8, 4) is 0 Å². The molecule has 0 saturated carbocycles. The molecule has 1 aromatic carbocycles. The highest BCUT2D eigenvalue weighted by Gasteiger charge is 2.07. The van der Waals surface area contributed by atoms with Crippen LogP contribution in [0.2, 0.25) is 0 Å². The topological polar surface area (TPSA) is 26.0 Å². The van der Waals surface area contributed by atoms with Crippen LogP contribution in [-0.4, -0.2) is 5.16 Å². The highest BCUT2D eigenvalue weighted by atomic mass is 16.5. The number of nitrogens with zero attached hydrogens (tertiary/aromatic N) is 1. The van der Waals surface area contributed by atoms with Crippen LogP contribution < -0.4 is 0 Å². The predicted molar refractivity (Wildman–Crippen MR) is 52.7 cm³/mol. The van der Waals surface area contributed by atoms with Gasteiger partial charge in [0.05, 0.1) is 5.69 Å². The van der Waals surface area contributed by atoms with E-state index in [9.17, 15) is 0 Å². The highest BCUT2D eigenvalue weighted by molar-refractivity contribution is 5.82. The van der Waals surface area contributed by atoms with E-state index in [4.69, 9.17) is 4.52 Å². The minimum absolute atomic E-state index is 0.936. The molecule has 0 amide bonds. The summed E-state index contributed by atoms with van der Waals surface area (Å²) in [5.41, 5.74) is 3.18. The fraction of sp³-hybridized carbons (Fsp3) is 0.364. The molecule has 2 heteroatoms. The molecular formula is C11H13NO. The smallest absolute Gasteiger partial charge is 0.170 e. The molecule has 0 saturated heterocycles. The molecule has 13 heavy (non-hydrogen) atoms. The number of benzene rings is 1. The molecule has 2 rings (SSSR count). The zero-order valence-electron chi connectivity index (χ0n) is 8.00.